The van der Waals surface area contributed by atoms with Crippen molar-refractivity contribution < 1.29 is 18.0 Å². The molecule has 0 bridgehead atoms. The molecule has 0 atom stereocenters. The molecule has 7 heteroatoms. The van der Waals surface area contributed by atoms with Crippen LogP contribution in [0.4, 0.5) is 4.39 Å². The summed E-state index contributed by atoms with van der Waals surface area (Å²) in [7, 11) is 0. The highest BCUT2D eigenvalue weighted by Gasteiger charge is 2.17. The number of nitrogens with one attached hydrogen (secondary N) is 1. The summed E-state index contributed by atoms with van der Waals surface area (Å²) in [6.45, 7) is 1.55. The topological polar surface area (TPSA) is 71.5 Å². The maximum Gasteiger partial charge on any atom is 0.273 e. The highest BCUT2D eigenvalue weighted by Crippen LogP contribution is 2.16. The van der Waals surface area contributed by atoms with Crippen molar-refractivity contribution in [1.82, 2.24) is 15.2 Å². The van der Waals surface area contributed by atoms with E-state index in [1.165, 1.54) is 12.3 Å². The molecule has 31 heavy (non-hydrogen) atoms. The van der Waals surface area contributed by atoms with Crippen LogP contribution in [0.3, 0.4) is 0 Å². The van der Waals surface area contributed by atoms with Crippen molar-refractivity contribution in [3.63, 3.8) is 0 Å². The van der Waals surface area contributed by atoms with Gasteiger partial charge in [0.05, 0.1) is 19.4 Å². The number of carbonyl (C=O) groups excluding carboxylic acids is 1. The Labute approximate surface area is 179 Å². The first kappa shape index (κ1) is 20.6. The van der Waals surface area contributed by atoms with Gasteiger partial charge in [-0.1, -0.05) is 48.5 Å². The van der Waals surface area contributed by atoms with Gasteiger partial charge in [0.1, 0.15) is 17.8 Å². The SMILES string of the molecule is O=C(NCc1ccco1)c1coc(CN(Cc2ccccc2)Cc2ccccc2F)n1. The van der Waals surface area contributed by atoms with Gasteiger partial charge >= 0.3 is 0 Å². The van der Waals surface area contributed by atoms with Crippen molar-refractivity contribution in [2.75, 3.05) is 0 Å². The van der Waals surface area contributed by atoms with Gasteiger partial charge in [-0.3, -0.25) is 9.69 Å². The van der Waals surface area contributed by atoms with Gasteiger partial charge in [0.25, 0.3) is 5.91 Å². The molecule has 1 amide bonds. The molecular formula is C24H22FN3O3. The highest BCUT2D eigenvalue weighted by atomic mass is 19.1. The van der Waals surface area contributed by atoms with Gasteiger partial charge in [0, 0.05) is 18.7 Å². The van der Waals surface area contributed by atoms with Gasteiger partial charge in [0.2, 0.25) is 5.89 Å². The zero-order chi connectivity index (χ0) is 21.5. The Morgan fingerprint density at radius 3 is 2.52 bits per heavy atom. The number of hydrogen-bond donors (Lipinski definition) is 1. The largest absolute Gasteiger partial charge is 0.467 e. The number of amides is 1. The monoisotopic (exact) mass is 419 g/mol. The minimum atomic E-state index is -0.352. The molecule has 2 aromatic carbocycles. The summed E-state index contributed by atoms with van der Waals surface area (Å²) in [6, 6.07) is 20.1. The van der Waals surface area contributed by atoms with Crippen LogP contribution in [0.2, 0.25) is 0 Å². The number of rotatable bonds is 9. The smallest absolute Gasteiger partial charge is 0.273 e. The Morgan fingerprint density at radius 2 is 1.74 bits per heavy atom. The molecule has 0 fully saturated rings. The highest BCUT2D eigenvalue weighted by molar-refractivity contribution is 5.91. The maximum absolute atomic E-state index is 14.2. The minimum absolute atomic E-state index is 0.187. The average Bonchev–Trinajstić information content (AvgIpc) is 3.47. The lowest BCUT2D eigenvalue weighted by Crippen LogP contribution is -2.24. The Hall–Kier alpha value is -3.71. The van der Waals surface area contributed by atoms with E-state index in [0.717, 1.165) is 5.56 Å². The number of nitrogens with zero attached hydrogens (tertiary/aromatic N) is 2. The van der Waals surface area contributed by atoms with Gasteiger partial charge in [-0.25, -0.2) is 9.37 Å². The van der Waals surface area contributed by atoms with Crippen molar-refractivity contribution in [3.8, 4) is 0 Å². The third kappa shape index (κ3) is 5.67. The van der Waals surface area contributed by atoms with Gasteiger partial charge in [0.15, 0.2) is 5.69 Å². The zero-order valence-corrected chi connectivity index (χ0v) is 16.8. The molecule has 1 N–H and O–H groups in total. The van der Waals surface area contributed by atoms with E-state index in [1.807, 2.05) is 41.3 Å². The van der Waals surface area contributed by atoms with Crippen molar-refractivity contribution >= 4 is 5.91 Å². The quantitative estimate of drug-likeness (QED) is 0.431. The fourth-order valence-corrected chi connectivity index (χ4v) is 3.23. The Morgan fingerprint density at radius 1 is 0.935 bits per heavy atom. The summed E-state index contributed by atoms with van der Waals surface area (Å²) in [5, 5.41) is 2.74. The predicted molar refractivity (Wildman–Crippen MR) is 112 cm³/mol. The Kier molecular flexibility index (Phi) is 6.54. The first-order chi connectivity index (χ1) is 15.2. The van der Waals surface area contributed by atoms with E-state index in [9.17, 15) is 9.18 Å². The lowest BCUT2D eigenvalue weighted by atomic mass is 10.1. The third-order valence-electron chi connectivity index (χ3n) is 4.75. The first-order valence-corrected chi connectivity index (χ1v) is 9.92. The third-order valence-corrected chi connectivity index (χ3v) is 4.75. The molecule has 4 rings (SSSR count). The van der Waals surface area contributed by atoms with E-state index >= 15 is 0 Å². The maximum atomic E-state index is 14.2. The number of oxazole rings is 1. The molecule has 0 aliphatic carbocycles. The van der Waals surface area contributed by atoms with Crippen LogP contribution in [0.5, 0.6) is 0 Å². The molecule has 0 radical (unpaired) electrons. The van der Waals surface area contributed by atoms with E-state index in [2.05, 4.69) is 10.3 Å². The van der Waals surface area contributed by atoms with Gasteiger partial charge < -0.3 is 14.2 Å². The predicted octanol–water partition coefficient (Wildman–Crippen LogP) is 4.54. The lowest BCUT2D eigenvalue weighted by Gasteiger charge is -2.21. The van der Waals surface area contributed by atoms with Crippen molar-refractivity contribution in [3.05, 3.63) is 114 Å². The molecule has 0 aliphatic rings. The van der Waals surface area contributed by atoms with Crippen molar-refractivity contribution in [1.29, 1.82) is 0 Å². The van der Waals surface area contributed by atoms with Gasteiger partial charge in [-0.2, -0.15) is 0 Å². The number of benzene rings is 2. The summed E-state index contributed by atoms with van der Waals surface area (Å²) in [5.41, 5.74) is 1.86. The standard InChI is InChI=1S/C24H22FN3O3/c25-21-11-5-4-9-19(21)15-28(14-18-7-2-1-3-8-18)16-23-27-22(17-31-23)24(29)26-13-20-10-6-12-30-20/h1-12,17H,13-16H2,(H,26,29). The molecule has 0 unspecified atom stereocenters. The molecule has 2 aromatic heterocycles. The summed E-state index contributed by atoms with van der Waals surface area (Å²) < 4.78 is 24.9. The molecule has 0 saturated heterocycles. The van der Waals surface area contributed by atoms with Crippen molar-refractivity contribution in [2.24, 2.45) is 0 Å². The zero-order valence-electron chi connectivity index (χ0n) is 16.8. The molecule has 4 aromatic rings. The van der Waals surface area contributed by atoms with E-state index in [1.54, 1.807) is 30.5 Å². The van der Waals surface area contributed by atoms with Crippen molar-refractivity contribution in [2.45, 2.75) is 26.2 Å². The summed E-state index contributed by atoms with van der Waals surface area (Å²) in [4.78, 5) is 18.7. The van der Waals surface area contributed by atoms with Gasteiger partial charge in [-0.15, -0.1) is 0 Å². The van der Waals surface area contributed by atoms with Gasteiger partial charge in [-0.05, 0) is 23.8 Å². The number of carbonyl (C=O) groups is 1. The minimum Gasteiger partial charge on any atom is -0.467 e. The van der Waals surface area contributed by atoms with Crippen LogP contribution in [0.1, 0.15) is 33.3 Å². The summed E-state index contributed by atoms with van der Waals surface area (Å²) in [6.07, 6.45) is 2.88. The molecule has 158 valence electrons. The molecule has 0 spiro atoms. The number of furan rings is 1. The van der Waals surface area contributed by atoms with Crippen LogP contribution in [-0.4, -0.2) is 15.8 Å². The van der Waals surface area contributed by atoms with Crippen LogP contribution in [0.25, 0.3) is 0 Å². The fourth-order valence-electron chi connectivity index (χ4n) is 3.23. The van der Waals surface area contributed by atoms with Crippen LogP contribution in [-0.2, 0) is 26.2 Å². The second kappa shape index (κ2) is 9.86. The van der Waals surface area contributed by atoms with Crippen LogP contribution >= 0.6 is 0 Å². The molecule has 2 heterocycles. The average molecular weight is 419 g/mol. The lowest BCUT2D eigenvalue weighted by molar-refractivity contribution is 0.0943. The first-order valence-electron chi connectivity index (χ1n) is 9.92. The van der Waals surface area contributed by atoms with E-state index < -0.39 is 0 Å². The van der Waals surface area contributed by atoms with Crippen LogP contribution < -0.4 is 5.32 Å². The number of aromatic nitrogens is 1. The Balaban J connectivity index is 1.44. The number of hydrogen-bond acceptors (Lipinski definition) is 5. The molecule has 6 nitrogen and oxygen atoms in total. The Bertz CT molecular complexity index is 1110. The van der Waals surface area contributed by atoms with Crippen LogP contribution in [0, 0.1) is 5.82 Å². The van der Waals surface area contributed by atoms with E-state index in [0.29, 0.717) is 36.8 Å². The van der Waals surface area contributed by atoms with E-state index in [-0.39, 0.29) is 24.0 Å². The molecular weight excluding hydrogens is 397 g/mol. The van der Waals surface area contributed by atoms with E-state index in [4.69, 9.17) is 8.83 Å². The number of halogens is 1. The molecule has 0 saturated carbocycles. The fraction of sp³-hybridized carbons (Fsp3) is 0.167. The summed E-state index contributed by atoms with van der Waals surface area (Å²) in [5.74, 6) is 0.424. The second-order valence-corrected chi connectivity index (χ2v) is 7.11. The summed E-state index contributed by atoms with van der Waals surface area (Å²) >= 11 is 0. The van der Waals surface area contributed by atoms with Crippen LogP contribution in [0.15, 0.2) is 88.1 Å². The normalized spacial score (nSPS) is 11.0. The second-order valence-electron chi connectivity index (χ2n) is 7.11. The molecule has 0 aliphatic heterocycles.